The number of benzene rings is 1. The number of pyridine rings is 1. The highest BCUT2D eigenvalue weighted by molar-refractivity contribution is 7.09. The van der Waals surface area contributed by atoms with Crippen LogP contribution in [-0.4, -0.2) is 33.7 Å². The maximum Gasteiger partial charge on any atom is 0.270 e. The SMILES string of the molecule is CC(C)C(NC(=O)c1cnc2ccccc2c1)c1nc(C(=O)NC2CCC(F)(F)CC2)cs1. The fourth-order valence-corrected chi connectivity index (χ4v) is 4.93. The van der Waals surface area contributed by atoms with E-state index in [1.54, 1.807) is 17.6 Å². The van der Waals surface area contributed by atoms with Crippen molar-refractivity contribution in [1.82, 2.24) is 20.6 Å². The van der Waals surface area contributed by atoms with E-state index in [1.165, 1.54) is 11.3 Å². The van der Waals surface area contributed by atoms with Gasteiger partial charge in [0.05, 0.1) is 17.1 Å². The van der Waals surface area contributed by atoms with Gasteiger partial charge in [0.15, 0.2) is 0 Å². The number of hydrogen-bond acceptors (Lipinski definition) is 5. The molecular weight excluding hydrogens is 446 g/mol. The van der Waals surface area contributed by atoms with Crippen molar-refractivity contribution in [3.63, 3.8) is 0 Å². The van der Waals surface area contributed by atoms with E-state index >= 15 is 0 Å². The highest BCUT2D eigenvalue weighted by Gasteiger charge is 2.35. The molecule has 0 aliphatic heterocycles. The second kappa shape index (κ2) is 9.51. The number of alkyl halides is 2. The molecule has 174 valence electrons. The van der Waals surface area contributed by atoms with Crippen LogP contribution < -0.4 is 10.6 Å². The quantitative estimate of drug-likeness (QED) is 0.521. The van der Waals surface area contributed by atoms with Crippen LogP contribution in [0.2, 0.25) is 0 Å². The van der Waals surface area contributed by atoms with E-state index in [1.807, 2.05) is 38.1 Å². The van der Waals surface area contributed by atoms with Gasteiger partial charge in [-0.25, -0.2) is 13.8 Å². The summed E-state index contributed by atoms with van der Waals surface area (Å²) in [6.45, 7) is 3.93. The van der Waals surface area contributed by atoms with Crippen molar-refractivity contribution in [2.24, 2.45) is 5.92 Å². The van der Waals surface area contributed by atoms with Gasteiger partial charge in [0, 0.05) is 35.8 Å². The van der Waals surface area contributed by atoms with E-state index in [9.17, 15) is 18.4 Å². The fraction of sp³-hybridized carbons (Fsp3) is 0.417. The minimum atomic E-state index is -2.64. The number of rotatable bonds is 6. The van der Waals surface area contributed by atoms with Crippen LogP contribution in [0.5, 0.6) is 0 Å². The molecule has 1 aromatic carbocycles. The topological polar surface area (TPSA) is 84.0 Å². The van der Waals surface area contributed by atoms with Crippen LogP contribution >= 0.6 is 11.3 Å². The highest BCUT2D eigenvalue weighted by Crippen LogP contribution is 2.33. The van der Waals surface area contributed by atoms with Crippen LogP contribution in [0.15, 0.2) is 41.9 Å². The largest absolute Gasteiger partial charge is 0.348 e. The summed E-state index contributed by atoms with van der Waals surface area (Å²) in [6, 6.07) is 8.70. The number of aromatic nitrogens is 2. The Balaban J connectivity index is 1.43. The van der Waals surface area contributed by atoms with E-state index in [0.717, 1.165) is 10.9 Å². The summed E-state index contributed by atoms with van der Waals surface area (Å²) < 4.78 is 26.7. The van der Waals surface area contributed by atoms with Gasteiger partial charge in [-0.15, -0.1) is 11.3 Å². The Kier molecular flexibility index (Phi) is 6.69. The number of fused-ring (bicyclic) bond motifs is 1. The number of carbonyl (C=O) groups is 2. The maximum absolute atomic E-state index is 13.3. The molecule has 0 radical (unpaired) electrons. The third-order valence-electron chi connectivity index (χ3n) is 5.88. The number of carbonyl (C=O) groups excluding carboxylic acids is 2. The lowest BCUT2D eigenvalue weighted by atomic mass is 9.92. The summed E-state index contributed by atoms with van der Waals surface area (Å²) >= 11 is 1.29. The first-order chi connectivity index (χ1) is 15.7. The van der Waals surface area contributed by atoms with E-state index in [0.29, 0.717) is 10.6 Å². The molecule has 1 aliphatic carbocycles. The molecule has 33 heavy (non-hydrogen) atoms. The predicted molar refractivity (Wildman–Crippen MR) is 124 cm³/mol. The van der Waals surface area contributed by atoms with Gasteiger partial charge >= 0.3 is 0 Å². The van der Waals surface area contributed by atoms with Gasteiger partial charge in [-0.1, -0.05) is 32.0 Å². The van der Waals surface area contributed by atoms with Crippen molar-refractivity contribution in [3.05, 3.63) is 58.2 Å². The van der Waals surface area contributed by atoms with Gasteiger partial charge in [-0.2, -0.15) is 0 Å². The summed E-state index contributed by atoms with van der Waals surface area (Å²) in [5.74, 6) is -3.25. The molecule has 3 aromatic rings. The summed E-state index contributed by atoms with van der Waals surface area (Å²) in [6.07, 6.45) is 1.61. The number of nitrogens with one attached hydrogen (secondary N) is 2. The number of nitrogens with zero attached hydrogens (tertiary/aromatic N) is 2. The van der Waals surface area contributed by atoms with Crippen molar-refractivity contribution in [1.29, 1.82) is 0 Å². The molecule has 0 spiro atoms. The highest BCUT2D eigenvalue weighted by atomic mass is 32.1. The third kappa shape index (κ3) is 5.52. The van der Waals surface area contributed by atoms with E-state index < -0.39 is 5.92 Å². The maximum atomic E-state index is 13.3. The Hall–Kier alpha value is -2.94. The molecule has 6 nitrogen and oxygen atoms in total. The molecular formula is C24H26F2N4O2S. The summed E-state index contributed by atoms with van der Waals surface area (Å²) in [5, 5.41) is 8.96. The number of hydrogen-bond donors (Lipinski definition) is 2. The van der Waals surface area contributed by atoms with Crippen molar-refractivity contribution in [2.45, 2.75) is 57.5 Å². The van der Waals surface area contributed by atoms with Gasteiger partial charge in [0.1, 0.15) is 10.7 Å². The van der Waals surface area contributed by atoms with Crippen LogP contribution in [0.4, 0.5) is 8.78 Å². The summed E-state index contributed by atoms with van der Waals surface area (Å²) in [4.78, 5) is 34.3. The predicted octanol–water partition coefficient (Wildman–Crippen LogP) is 5.13. The third-order valence-corrected chi connectivity index (χ3v) is 6.81. The second-order valence-electron chi connectivity index (χ2n) is 8.79. The zero-order chi connectivity index (χ0) is 23.6. The first-order valence-electron chi connectivity index (χ1n) is 11.0. The molecule has 4 rings (SSSR count). The van der Waals surface area contributed by atoms with Crippen molar-refractivity contribution < 1.29 is 18.4 Å². The Morgan fingerprint density at radius 2 is 1.88 bits per heavy atom. The summed E-state index contributed by atoms with van der Waals surface area (Å²) in [5.41, 5.74) is 1.49. The van der Waals surface area contributed by atoms with Crippen LogP contribution in [0.25, 0.3) is 10.9 Å². The molecule has 1 saturated carbocycles. The number of halogens is 2. The normalized spacial score (nSPS) is 17.1. The standard InChI is InChI=1S/C24H26F2N4O2S/c1-14(2)20(30-21(31)16-11-15-5-3-4-6-18(15)27-12-16)23-29-19(13-33-23)22(32)28-17-7-9-24(25,26)10-8-17/h3-6,11-14,17,20H,7-10H2,1-2H3,(H,28,32)(H,30,31). The van der Waals surface area contributed by atoms with Crippen LogP contribution in [-0.2, 0) is 0 Å². The number of thiazole rings is 1. The molecule has 9 heteroatoms. The summed E-state index contributed by atoms with van der Waals surface area (Å²) in [7, 11) is 0. The first kappa shape index (κ1) is 23.2. The number of amides is 2. The Morgan fingerprint density at radius 3 is 2.61 bits per heavy atom. The Labute approximate surface area is 194 Å². The van der Waals surface area contributed by atoms with Crippen LogP contribution in [0.3, 0.4) is 0 Å². The number of para-hydroxylation sites is 1. The van der Waals surface area contributed by atoms with Gasteiger partial charge in [0.25, 0.3) is 11.8 Å². The first-order valence-corrected chi connectivity index (χ1v) is 11.9. The Morgan fingerprint density at radius 1 is 1.15 bits per heavy atom. The van der Waals surface area contributed by atoms with Crippen LogP contribution in [0.1, 0.15) is 71.4 Å². The molecule has 0 saturated heterocycles. The lowest BCUT2D eigenvalue weighted by molar-refractivity contribution is -0.0399. The minimum Gasteiger partial charge on any atom is -0.348 e. The molecule has 2 aromatic heterocycles. The van der Waals surface area contributed by atoms with Gasteiger partial charge in [-0.3, -0.25) is 14.6 Å². The Bertz CT molecular complexity index is 1150. The molecule has 2 heterocycles. The molecule has 2 N–H and O–H groups in total. The van der Waals surface area contributed by atoms with Crippen molar-refractivity contribution in [3.8, 4) is 0 Å². The van der Waals surface area contributed by atoms with Crippen molar-refractivity contribution in [2.75, 3.05) is 0 Å². The monoisotopic (exact) mass is 472 g/mol. The average molecular weight is 473 g/mol. The second-order valence-corrected chi connectivity index (χ2v) is 9.68. The lowest BCUT2D eigenvalue weighted by Gasteiger charge is -2.28. The smallest absolute Gasteiger partial charge is 0.270 e. The zero-order valence-corrected chi connectivity index (χ0v) is 19.3. The molecule has 1 atom stereocenters. The van der Waals surface area contributed by atoms with Crippen LogP contribution in [0, 0.1) is 5.92 Å². The van der Waals surface area contributed by atoms with Gasteiger partial charge in [0.2, 0.25) is 5.92 Å². The zero-order valence-electron chi connectivity index (χ0n) is 18.5. The lowest BCUT2D eigenvalue weighted by Crippen LogP contribution is -2.40. The molecule has 1 unspecified atom stereocenters. The fourth-order valence-electron chi connectivity index (χ4n) is 3.91. The van der Waals surface area contributed by atoms with E-state index in [4.69, 9.17) is 0 Å². The van der Waals surface area contributed by atoms with E-state index in [2.05, 4.69) is 20.6 Å². The molecule has 1 aliphatic rings. The minimum absolute atomic E-state index is 0.0324. The van der Waals surface area contributed by atoms with Gasteiger partial charge in [-0.05, 0) is 30.9 Å². The van der Waals surface area contributed by atoms with Crippen molar-refractivity contribution >= 4 is 34.1 Å². The van der Waals surface area contributed by atoms with Gasteiger partial charge < -0.3 is 10.6 Å². The average Bonchev–Trinajstić information content (AvgIpc) is 3.28. The molecule has 0 bridgehead atoms. The van der Waals surface area contributed by atoms with E-state index in [-0.39, 0.29) is 61.2 Å². The molecule has 1 fully saturated rings. The molecule has 2 amide bonds.